The highest BCUT2D eigenvalue weighted by Crippen LogP contribution is 2.28. The van der Waals surface area contributed by atoms with Gasteiger partial charge in [0.1, 0.15) is 0 Å². The lowest BCUT2D eigenvalue weighted by molar-refractivity contribution is -0.118. The van der Waals surface area contributed by atoms with E-state index >= 15 is 0 Å². The maximum absolute atomic E-state index is 12.7. The molecule has 0 aliphatic carbocycles. The Morgan fingerprint density at radius 3 is 2.61 bits per heavy atom. The second-order valence-corrected chi connectivity index (χ2v) is 9.54. The summed E-state index contributed by atoms with van der Waals surface area (Å²) in [6.45, 7) is 2.77. The van der Waals surface area contributed by atoms with Crippen molar-refractivity contribution < 1.29 is 22.7 Å². The third-order valence-electron chi connectivity index (χ3n) is 4.38. The zero-order chi connectivity index (χ0) is 20.1. The normalized spacial score (nSPS) is 15.9. The lowest BCUT2D eigenvalue weighted by Gasteiger charge is -2.28. The highest BCUT2D eigenvalue weighted by atomic mass is 32.2. The fourth-order valence-corrected chi connectivity index (χ4v) is 5.26. The molecular weight excluding hydrogens is 404 g/mol. The molecule has 1 aliphatic heterocycles. The van der Waals surface area contributed by atoms with Crippen molar-refractivity contribution in [2.24, 2.45) is 5.92 Å². The highest BCUT2D eigenvalue weighted by molar-refractivity contribution is 7.91. The first-order chi connectivity index (χ1) is 13.4. The molecule has 1 aliphatic rings. The van der Waals surface area contributed by atoms with Gasteiger partial charge in [-0.1, -0.05) is 30.4 Å². The van der Waals surface area contributed by atoms with Crippen molar-refractivity contribution in [2.45, 2.75) is 24.1 Å². The Labute approximate surface area is 167 Å². The minimum atomic E-state index is -3.69. The molecule has 0 atom stereocenters. The molecule has 1 N–H and O–H groups in total. The SMILES string of the molecule is COc1ccccc1OCC(=O)Nc1nnc(S(=O)(=O)N2CCC(C)CC2)s1. The van der Waals surface area contributed by atoms with Crippen molar-refractivity contribution in [3.05, 3.63) is 24.3 Å². The Bertz CT molecular complexity index is 923. The molecule has 0 bridgehead atoms. The number of hydrogen-bond donors (Lipinski definition) is 1. The number of hydrogen-bond acceptors (Lipinski definition) is 8. The van der Waals surface area contributed by atoms with E-state index in [0.29, 0.717) is 30.5 Å². The number of anilines is 1. The number of benzene rings is 1. The largest absolute Gasteiger partial charge is 0.493 e. The third-order valence-corrected chi connectivity index (χ3v) is 7.47. The van der Waals surface area contributed by atoms with Crippen LogP contribution in [0.2, 0.25) is 0 Å². The second kappa shape index (κ2) is 8.84. The van der Waals surface area contributed by atoms with Crippen molar-refractivity contribution in [3.8, 4) is 11.5 Å². The summed E-state index contributed by atoms with van der Waals surface area (Å²) in [4.78, 5) is 12.1. The Morgan fingerprint density at radius 2 is 1.93 bits per heavy atom. The maximum Gasteiger partial charge on any atom is 0.272 e. The molecule has 0 radical (unpaired) electrons. The van der Waals surface area contributed by atoms with E-state index in [1.165, 1.54) is 11.4 Å². The fraction of sp³-hybridized carbons (Fsp3) is 0.471. The third kappa shape index (κ3) is 4.78. The number of rotatable bonds is 7. The molecule has 0 saturated carbocycles. The van der Waals surface area contributed by atoms with Crippen LogP contribution in [0, 0.1) is 5.92 Å². The molecule has 1 saturated heterocycles. The van der Waals surface area contributed by atoms with Gasteiger partial charge in [-0.2, -0.15) is 4.31 Å². The minimum Gasteiger partial charge on any atom is -0.493 e. The number of sulfonamides is 1. The van der Waals surface area contributed by atoms with Crippen molar-refractivity contribution in [2.75, 3.05) is 32.1 Å². The first-order valence-corrected chi connectivity index (χ1v) is 11.0. The van der Waals surface area contributed by atoms with E-state index in [1.54, 1.807) is 24.3 Å². The molecule has 3 rings (SSSR count). The molecule has 152 valence electrons. The summed E-state index contributed by atoms with van der Waals surface area (Å²) in [6, 6.07) is 6.95. The molecule has 2 heterocycles. The van der Waals surface area contributed by atoms with Crippen LogP contribution >= 0.6 is 11.3 Å². The summed E-state index contributed by atoms with van der Waals surface area (Å²) in [7, 11) is -2.18. The van der Waals surface area contributed by atoms with E-state index in [2.05, 4.69) is 22.4 Å². The van der Waals surface area contributed by atoms with Crippen LogP contribution in [0.5, 0.6) is 11.5 Å². The van der Waals surface area contributed by atoms with Gasteiger partial charge in [-0.15, -0.1) is 10.2 Å². The van der Waals surface area contributed by atoms with Gasteiger partial charge in [-0.25, -0.2) is 8.42 Å². The predicted molar refractivity (Wildman–Crippen MR) is 104 cm³/mol. The van der Waals surface area contributed by atoms with Gasteiger partial charge in [-0.3, -0.25) is 10.1 Å². The van der Waals surface area contributed by atoms with Gasteiger partial charge >= 0.3 is 0 Å². The summed E-state index contributed by atoms with van der Waals surface area (Å²) in [6.07, 6.45) is 1.64. The highest BCUT2D eigenvalue weighted by Gasteiger charge is 2.31. The van der Waals surface area contributed by atoms with Gasteiger partial charge in [0.2, 0.25) is 9.47 Å². The van der Waals surface area contributed by atoms with Gasteiger partial charge in [0.15, 0.2) is 18.1 Å². The van der Waals surface area contributed by atoms with Crippen molar-refractivity contribution in [1.82, 2.24) is 14.5 Å². The Hall–Kier alpha value is -2.24. The van der Waals surface area contributed by atoms with E-state index < -0.39 is 15.9 Å². The van der Waals surface area contributed by atoms with Crippen LogP contribution in [-0.2, 0) is 14.8 Å². The molecule has 1 aromatic carbocycles. The average molecular weight is 427 g/mol. The maximum atomic E-state index is 12.7. The molecule has 2 aromatic rings. The Kier molecular flexibility index (Phi) is 6.47. The summed E-state index contributed by atoms with van der Waals surface area (Å²) < 4.78 is 37.2. The smallest absolute Gasteiger partial charge is 0.272 e. The lowest BCUT2D eigenvalue weighted by Crippen LogP contribution is -2.37. The number of amides is 1. The number of ether oxygens (including phenoxy) is 2. The number of carbonyl (C=O) groups excluding carboxylic acids is 1. The van der Waals surface area contributed by atoms with Crippen molar-refractivity contribution in [3.63, 3.8) is 0 Å². The number of nitrogens with zero attached hydrogens (tertiary/aromatic N) is 3. The number of aromatic nitrogens is 2. The number of para-hydroxylation sites is 2. The topological polar surface area (TPSA) is 111 Å². The molecule has 1 aromatic heterocycles. The molecule has 1 amide bonds. The fourth-order valence-electron chi connectivity index (χ4n) is 2.74. The van der Waals surface area contributed by atoms with Crippen LogP contribution in [0.4, 0.5) is 5.13 Å². The lowest BCUT2D eigenvalue weighted by atomic mass is 10.0. The molecule has 9 nitrogen and oxygen atoms in total. The van der Waals surface area contributed by atoms with Crippen molar-refractivity contribution in [1.29, 1.82) is 0 Å². The number of piperidine rings is 1. The van der Waals surface area contributed by atoms with Crippen LogP contribution < -0.4 is 14.8 Å². The quantitative estimate of drug-likeness (QED) is 0.674. The summed E-state index contributed by atoms with van der Waals surface area (Å²) in [5, 5.41) is 10.1. The molecule has 28 heavy (non-hydrogen) atoms. The van der Waals surface area contributed by atoms with E-state index in [0.717, 1.165) is 24.2 Å². The number of methoxy groups -OCH3 is 1. The monoisotopic (exact) mass is 426 g/mol. The Morgan fingerprint density at radius 1 is 1.25 bits per heavy atom. The summed E-state index contributed by atoms with van der Waals surface area (Å²) in [5.74, 6) is 0.979. The van der Waals surface area contributed by atoms with Crippen LogP contribution in [0.25, 0.3) is 0 Å². The van der Waals surface area contributed by atoms with E-state index in [1.807, 2.05) is 0 Å². The summed E-state index contributed by atoms with van der Waals surface area (Å²) in [5.41, 5.74) is 0. The number of nitrogens with one attached hydrogen (secondary N) is 1. The van der Waals surface area contributed by atoms with Crippen LogP contribution in [0.3, 0.4) is 0 Å². The van der Waals surface area contributed by atoms with Gasteiger partial charge in [0, 0.05) is 13.1 Å². The van der Waals surface area contributed by atoms with Gasteiger partial charge in [-0.05, 0) is 30.9 Å². The van der Waals surface area contributed by atoms with Crippen LogP contribution in [0.15, 0.2) is 28.6 Å². The molecule has 0 spiro atoms. The summed E-state index contributed by atoms with van der Waals surface area (Å²) >= 11 is 0.828. The average Bonchev–Trinajstić information content (AvgIpc) is 3.16. The first-order valence-electron chi connectivity index (χ1n) is 8.79. The van der Waals surface area contributed by atoms with Crippen LogP contribution in [0.1, 0.15) is 19.8 Å². The molecule has 11 heteroatoms. The van der Waals surface area contributed by atoms with E-state index in [-0.39, 0.29) is 16.1 Å². The standard InChI is InChI=1S/C17H22N4O5S2/c1-12-7-9-21(10-8-12)28(23,24)17-20-19-16(27-17)18-15(22)11-26-14-6-4-3-5-13(14)25-2/h3-6,12H,7-11H2,1-2H3,(H,18,19,22). The predicted octanol–water partition coefficient (Wildman–Crippen LogP) is 1.98. The van der Waals surface area contributed by atoms with Crippen molar-refractivity contribution >= 4 is 32.4 Å². The Balaban J connectivity index is 1.58. The van der Waals surface area contributed by atoms with Gasteiger partial charge < -0.3 is 9.47 Å². The molecule has 0 unspecified atom stereocenters. The van der Waals surface area contributed by atoms with Gasteiger partial charge in [0.25, 0.3) is 15.9 Å². The van der Waals surface area contributed by atoms with E-state index in [9.17, 15) is 13.2 Å². The second-order valence-electron chi connectivity index (χ2n) is 6.45. The minimum absolute atomic E-state index is 0.109. The first kappa shape index (κ1) is 20.5. The zero-order valence-electron chi connectivity index (χ0n) is 15.6. The number of carbonyl (C=O) groups is 1. The van der Waals surface area contributed by atoms with Crippen LogP contribution in [-0.4, -0.2) is 55.6 Å². The zero-order valence-corrected chi connectivity index (χ0v) is 17.3. The molecular formula is C17H22N4O5S2. The van der Waals surface area contributed by atoms with E-state index in [4.69, 9.17) is 9.47 Å². The van der Waals surface area contributed by atoms with Gasteiger partial charge in [0.05, 0.1) is 7.11 Å². The molecule has 1 fully saturated rings.